The molecule has 4 rings (SSSR count). The van der Waals surface area contributed by atoms with Gasteiger partial charge in [-0.15, -0.1) is 0 Å². The van der Waals surface area contributed by atoms with Gasteiger partial charge < -0.3 is 24.0 Å². The van der Waals surface area contributed by atoms with Crippen molar-refractivity contribution in [3.8, 4) is 23.0 Å². The van der Waals surface area contributed by atoms with E-state index in [1.165, 1.54) is 51.4 Å². The lowest BCUT2D eigenvalue weighted by Crippen LogP contribution is -2.29. The van der Waals surface area contributed by atoms with Crippen molar-refractivity contribution in [3.05, 3.63) is 53.9 Å². The van der Waals surface area contributed by atoms with Gasteiger partial charge in [-0.05, 0) is 36.2 Å². The molecule has 0 amide bonds. The van der Waals surface area contributed by atoms with E-state index in [-0.39, 0.29) is 13.3 Å². The first-order valence-electron chi connectivity index (χ1n) is 13.4. The first-order valence-corrected chi connectivity index (χ1v) is 13.4. The molecule has 0 bridgehead atoms. The quantitative estimate of drug-likeness (QED) is 0.216. The molecule has 0 atom stereocenters. The largest absolute Gasteiger partial charge is 0.480 e. The number of benzene rings is 2. The minimum Gasteiger partial charge on any atom is -0.480 e. The van der Waals surface area contributed by atoms with E-state index >= 15 is 0 Å². The predicted molar refractivity (Wildman–Crippen MR) is 142 cm³/mol. The summed E-state index contributed by atoms with van der Waals surface area (Å²) >= 11 is 0. The molecule has 1 aromatic heterocycles. The van der Waals surface area contributed by atoms with Crippen LogP contribution in [0, 0.1) is 0 Å². The zero-order chi connectivity index (χ0) is 25.9. The second-order valence-corrected chi connectivity index (χ2v) is 9.58. The van der Waals surface area contributed by atoms with E-state index in [4.69, 9.17) is 14.0 Å². The van der Waals surface area contributed by atoms with Gasteiger partial charge in [-0.2, -0.15) is 4.98 Å². The molecule has 0 unspecified atom stereocenters. The van der Waals surface area contributed by atoms with Gasteiger partial charge in [0.05, 0.1) is 0 Å². The number of carboxylic acid groups (broad SMARTS) is 1. The number of aryl methyl sites for hydroxylation is 1. The van der Waals surface area contributed by atoms with Gasteiger partial charge in [0.25, 0.3) is 5.89 Å². The minimum absolute atomic E-state index is 0.146. The Balaban J connectivity index is 1.32. The third-order valence-electron chi connectivity index (χ3n) is 6.57. The summed E-state index contributed by atoms with van der Waals surface area (Å²) in [6.45, 7) is 2.68. The van der Waals surface area contributed by atoms with Crippen molar-refractivity contribution < 1.29 is 23.9 Å². The number of rotatable bonds is 16. The number of carbonyl (C=O) groups is 1. The summed E-state index contributed by atoms with van der Waals surface area (Å²) in [5.41, 5.74) is 2.51. The lowest BCUT2D eigenvalue weighted by Gasteiger charge is -2.23. The van der Waals surface area contributed by atoms with Gasteiger partial charge in [0.15, 0.2) is 17.3 Å². The molecule has 0 saturated heterocycles. The molecular formula is C29H37N3O5. The normalized spacial score (nSPS) is 12.1. The minimum atomic E-state index is -0.910. The highest BCUT2D eigenvalue weighted by Crippen LogP contribution is 2.36. The Hall–Kier alpha value is -3.55. The topological polar surface area (TPSA) is 97.9 Å². The van der Waals surface area contributed by atoms with Crippen LogP contribution in [0.5, 0.6) is 11.5 Å². The molecule has 1 N–H and O–H groups in total. The number of hydrogen-bond acceptors (Lipinski definition) is 7. The second-order valence-electron chi connectivity index (χ2n) is 9.58. The second kappa shape index (κ2) is 13.7. The first kappa shape index (κ1) is 26.5. The van der Waals surface area contributed by atoms with E-state index in [1.807, 2.05) is 36.4 Å². The van der Waals surface area contributed by atoms with Crippen LogP contribution in [0.3, 0.4) is 0 Å². The highest BCUT2D eigenvalue weighted by atomic mass is 16.7. The van der Waals surface area contributed by atoms with Gasteiger partial charge >= 0.3 is 5.97 Å². The van der Waals surface area contributed by atoms with E-state index in [1.54, 1.807) is 11.0 Å². The average molecular weight is 508 g/mol. The highest BCUT2D eigenvalue weighted by Gasteiger charge is 2.18. The Bertz CT molecular complexity index is 1150. The molecule has 8 heteroatoms. The number of hydrogen-bond donors (Lipinski definition) is 1. The Labute approximate surface area is 218 Å². The van der Waals surface area contributed by atoms with Crippen molar-refractivity contribution in [1.82, 2.24) is 10.1 Å². The zero-order valence-electron chi connectivity index (χ0n) is 21.7. The van der Waals surface area contributed by atoms with Crippen LogP contribution in [-0.4, -0.2) is 34.6 Å². The predicted octanol–water partition coefficient (Wildman–Crippen LogP) is 6.63. The molecule has 1 aliphatic rings. The Morgan fingerprint density at radius 2 is 1.70 bits per heavy atom. The maximum atomic E-state index is 11.6. The summed E-state index contributed by atoms with van der Waals surface area (Å²) in [5, 5.41) is 13.7. The van der Waals surface area contributed by atoms with Gasteiger partial charge in [-0.3, -0.25) is 4.79 Å². The smallest absolute Gasteiger partial charge is 0.323 e. The summed E-state index contributed by atoms with van der Waals surface area (Å²) in [5.74, 6) is 1.59. The van der Waals surface area contributed by atoms with Gasteiger partial charge in [-0.25, -0.2) is 0 Å². The number of fused-ring (bicyclic) bond motifs is 1. The lowest BCUT2D eigenvalue weighted by molar-refractivity contribution is -0.135. The Kier molecular flexibility index (Phi) is 9.80. The summed E-state index contributed by atoms with van der Waals surface area (Å²) in [7, 11) is 0. The van der Waals surface area contributed by atoms with Crippen molar-refractivity contribution in [2.75, 3.05) is 18.2 Å². The Morgan fingerprint density at radius 1 is 0.946 bits per heavy atom. The van der Waals surface area contributed by atoms with Crippen molar-refractivity contribution >= 4 is 11.7 Å². The van der Waals surface area contributed by atoms with Crippen molar-refractivity contribution in [2.24, 2.45) is 0 Å². The van der Waals surface area contributed by atoms with Crippen LogP contribution in [0.15, 0.2) is 47.0 Å². The average Bonchev–Trinajstić information content (AvgIpc) is 3.56. The van der Waals surface area contributed by atoms with Gasteiger partial charge in [0, 0.05) is 30.3 Å². The molecule has 0 aliphatic carbocycles. The van der Waals surface area contributed by atoms with Gasteiger partial charge in [0.1, 0.15) is 6.54 Å². The first-order chi connectivity index (χ1) is 18.1. The van der Waals surface area contributed by atoms with Crippen molar-refractivity contribution in [2.45, 2.75) is 77.7 Å². The number of carboxylic acids is 1. The van der Waals surface area contributed by atoms with Crippen LogP contribution in [0.25, 0.3) is 11.5 Å². The van der Waals surface area contributed by atoms with Crippen molar-refractivity contribution in [3.63, 3.8) is 0 Å². The molecule has 1 aliphatic heterocycles. The number of aromatic nitrogens is 2. The highest BCUT2D eigenvalue weighted by molar-refractivity contribution is 5.74. The maximum absolute atomic E-state index is 11.6. The lowest BCUT2D eigenvalue weighted by atomic mass is 10.1. The third kappa shape index (κ3) is 7.97. The van der Waals surface area contributed by atoms with Gasteiger partial charge in [-0.1, -0.05) is 75.6 Å². The summed E-state index contributed by atoms with van der Waals surface area (Å²) in [6.07, 6.45) is 12.3. The zero-order valence-corrected chi connectivity index (χ0v) is 21.7. The summed E-state index contributed by atoms with van der Waals surface area (Å²) < 4.78 is 16.4. The number of anilines is 1. The van der Waals surface area contributed by atoms with E-state index in [2.05, 4.69) is 17.1 Å². The number of nitrogens with zero attached hydrogens (tertiary/aromatic N) is 3. The van der Waals surface area contributed by atoms with Crippen LogP contribution in [-0.2, 0) is 17.8 Å². The van der Waals surface area contributed by atoms with E-state index < -0.39 is 5.97 Å². The molecule has 0 fully saturated rings. The van der Waals surface area contributed by atoms with Gasteiger partial charge in [0.2, 0.25) is 6.79 Å². The summed E-state index contributed by atoms with van der Waals surface area (Å²) in [4.78, 5) is 17.9. The molecule has 0 saturated carbocycles. The Morgan fingerprint density at radius 3 is 2.49 bits per heavy atom. The number of ether oxygens (including phenoxy) is 2. The van der Waals surface area contributed by atoms with E-state index in [0.717, 1.165) is 35.5 Å². The summed E-state index contributed by atoms with van der Waals surface area (Å²) in [6, 6.07) is 13.2. The fraction of sp³-hybridized carbons (Fsp3) is 0.483. The van der Waals surface area contributed by atoms with Crippen LogP contribution < -0.4 is 14.4 Å². The number of unbranched alkanes of at least 4 members (excludes halogenated alkanes) is 8. The third-order valence-corrected chi connectivity index (χ3v) is 6.57. The van der Waals surface area contributed by atoms with Crippen LogP contribution >= 0.6 is 0 Å². The van der Waals surface area contributed by atoms with Crippen LogP contribution in [0.1, 0.15) is 76.1 Å². The van der Waals surface area contributed by atoms with Crippen molar-refractivity contribution in [1.29, 1.82) is 0 Å². The molecule has 8 nitrogen and oxygen atoms in total. The van der Waals surface area contributed by atoms with Crippen LogP contribution in [0.2, 0.25) is 0 Å². The van der Waals surface area contributed by atoms with Crippen LogP contribution in [0.4, 0.5) is 5.69 Å². The molecule has 0 spiro atoms. The molecular weight excluding hydrogens is 470 g/mol. The number of aliphatic carboxylic acids is 1. The van der Waals surface area contributed by atoms with E-state index in [0.29, 0.717) is 23.9 Å². The maximum Gasteiger partial charge on any atom is 0.323 e. The standard InChI is InChI=1S/C29H37N3O5/c1-2-3-4-5-6-7-8-9-10-14-27-30-29(37-31-27)23-13-11-12-22(17-23)19-32(20-28(33)34)24-15-16-25-26(18-24)36-21-35-25/h11-13,15-18H,2-10,14,19-21H2,1H3,(H,33,34). The molecule has 2 aromatic carbocycles. The fourth-order valence-electron chi connectivity index (χ4n) is 4.57. The molecule has 3 aromatic rings. The SMILES string of the molecule is CCCCCCCCCCCc1noc(-c2cccc(CN(CC(=O)O)c3ccc4c(c3)OCO4)c2)n1. The molecule has 37 heavy (non-hydrogen) atoms. The molecule has 2 heterocycles. The molecule has 0 radical (unpaired) electrons. The van der Waals surface area contributed by atoms with E-state index in [9.17, 15) is 9.90 Å². The monoisotopic (exact) mass is 507 g/mol. The molecule has 198 valence electrons. The fourth-order valence-corrected chi connectivity index (χ4v) is 4.57.